The van der Waals surface area contributed by atoms with Gasteiger partial charge in [-0.3, -0.25) is 14.4 Å². The number of nitrogens with zero attached hydrogens (tertiary/aromatic N) is 1. The number of halogens is 3. The van der Waals surface area contributed by atoms with Gasteiger partial charge in [0.2, 0.25) is 5.91 Å². The molecular formula is C16H17F3N2O4. The number of carbonyl (C=O) groups excluding carboxylic acids is 2. The van der Waals surface area contributed by atoms with Gasteiger partial charge in [-0.05, 0) is 25.5 Å². The lowest BCUT2D eigenvalue weighted by Crippen LogP contribution is -2.41. The van der Waals surface area contributed by atoms with Crippen LogP contribution in [0.15, 0.2) is 24.3 Å². The Morgan fingerprint density at radius 3 is 2.48 bits per heavy atom. The fourth-order valence-corrected chi connectivity index (χ4v) is 2.64. The number of carboxylic acid groups (broad SMARTS) is 1. The zero-order valence-corrected chi connectivity index (χ0v) is 13.4. The Kier molecular flexibility index (Phi) is 5.05. The van der Waals surface area contributed by atoms with Crippen LogP contribution in [0.1, 0.15) is 29.3 Å². The van der Waals surface area contributed by atoms with E-state index in [2.05, 4.69) is 5.32 Å². The molecule has 1 unspecified atom stereocenters. The maximum Gasteiger partial charge on any atom is 0.417 e. The van der Waals surface area contributed by atoms with Crippen LogP contribution < -0.4 is 5.32 Å². The van der Waals surface area contributed by atoms with Gasteiger partial charge in [0.1, 0.15) is 0 Å². The van der Waals surface area contributed by atoms with Crippen LogP contribution in [0.5, 0.6) is 0 Å². The number of benzene rings is 1. The lowest BCUT2D eigenvalue weighted by atomic mass is 9.90. The lowest BCUT2D eigenvalue weighted by Gasteiger charge is -2.20. The smallest absolute Gasteiger partial charge is 0.417 e. The number of hydrogen-bond donors (Lipinski definition) is 2. The monoisotopic (exact) mass is 358 g/mol. The predicted octanol–water partition coefficient (Wildman–Crippen LogP) is 1.76. The van der Waals surface area contributed by atoms with E-state index in [0.29, 0.717) is 0 Å². The molecule has 25 heavy (non-hydrogen) atoms. The van der Waals surface area contributed by atoms with Crippen molar-refractivity contribution in [2.75, 3.05) is 19.6 Å². The Balaban J connectivity index is 2.00. The molecule has 2 amide bonds. The third kappa shape index (κ3) is 4.09. The first-order chi connectivity index (χ1) is 11.5. The lowest BCUT2D eigenvalue weighted by molar-refractivity contribution is -0.147. The molecule has 0 spiro atoms. The molecule has 1 aromatic carbocycles. The van der Waals surface area contributed by atoms with Gasteiger partial charge >= 0.3 is 12.1 Å². The van der Waals surface area contributed by atoms with E-state index in [4.69, 9.17) is 5.11 Å². The summed E-state index contributed by atoms with van der Waals surface area (Å²) in [7, 11) is 0. The molecule has 6 nitrogen and oxygen atoms in total. The van der Waals surface area contributed by atoms with Gasteiger partial charge in [-0.2, -0.15) is 13.2 Å². The van der Waals surface area contributed by atoms with Crippen molar-refractivity contribution >= 4 is 17.8 Å². The summed E-state index contributed by atoms with van der Waals surface area (Å²) in [6, 6.07) is 4.28. The number of carbonyl (C=O) groups is 3. The average molecular weight is 358 g/mol. The molecule has 2 N–H and O–H groups in total. The van der Waals surface area contributed by atoms with Crippen LogP contribution in [0.2, 0.25) is 0 Å². The number of alkyl halides is 3. The summed E-state index contributed by atoms with van der Waals surface area (Å²) in [5.41, 5.74) is -2.71. The van der Waals surface area contributed by atoms with E-state index in [1.165, 1.54) is 24.0 Å². The van der Waals surface area contributed by atoms with Gasteiger partial charge in [-0.1, -0.05) is 12.1 Å². The summed E-state index contributed by atoms with van der Waals surface area (Å²) in [6.45, 7) is 1.23. The molecule has 2 rings (SSSR count). The average Bonchev–Trinajstić information content (AvgIpc) is 2.95. The molecule has 0 radical (unpaired) electrons. The van der Waals surface area contributed by atoms with Crippen LogP contribution in [0.3, 0.4) is 0 Å². The van der Waals surface area contributed by atoms with Crippen molar-refractivity contribution in [2.45, 2.75) is 19.5 Å². The van der Waals surface area contributed by atoms with Crippen LogP contribution in [0.4, 0.5) is 13.2 Å². The van der Waals surface area contributed by atoms with Gasteiger partial charge in [0.15, 0.2) is 0 Å². The van der Waals surface area contributed by atoms with Crippen molar-refractivity contribution in [1.29, 1.82) is 0 Å². The Bertz CT molecular complexity index is 705. The van der Waals surface area contributed by atoms with Gasteiger partial charge in [-0.15, -0.1) is 0 Å². The van der Waals surface area contributed by atoms with E-state index >= 15 is 0 Å². The molecule has 1 saturated heterocycles. The minimum absolute atomic E-state index is 0.00379. The van der Waals surface area contributed by atoms with Crippen LogP contribution in [0, 0.1) is 5.41 Å². The van der Waals surface area contributed by atoms with Crippen LogP contribution in [-0.4, -0.2) is 47.4 Å². The highest BCUT2D eigenvalue weighted by Gasteiger charge is 2.42. The normalized spacial score (nSPS) is 20.4. The molecule has 136 valence electrons. The number of rotatable bonds is 4. The first kappa shape index (κ1) is 18.8. The highest BCUT2D eigenvalue weighted by atomic mass is 19.4. The molecule has 0 aliphatic carbocycles. The maximum atomic E-state index is 12.9. The second-order valence-electron chi connectivity index (χ2n) is 6.16. The summed E-state index contributed by atoms with van der Waals surface area (Å²) in [5, 5.41) is 11.3. The molecule has 1 heterocycles. The number of hydrogen-bond acceptors (Lipinski definition) is 3. The van der Waals surface area contributed by atoms with E-state index in [-0.39, 0.29) is 19.5 Å². The van der Waals surface area contributed by atoms with Crippen molar-refractivity contribution in [3.8, 4) is 0 Å². The molecule has 0 saturated carbocycles. The number of carboxylic acids is 1. The minimum atomic E-state index is -4.68. The summed E-state index contributed by atoms with van der Waals surface area (Å²) in [5.74, 6) is -2.57. The Labute approximate surface area is 141 Å². The highest BCUT2D eigenvalue weighted by molar-refractivity contribution is 5.98. The number of aliphatic carboxylic acids is 1. The number of likely N-dealkylation sites (tertiary alicyclic amines) is 1. The van der Waals surface area contributed by atoms with Gasteiger partial charge < -0.3 is 15.3 Å². The third-order valence-corrected chi connectivity index (χ3v) is 4.22. The molecule has 1 aliphatic rings. The highest BCUT2D eigenvalue weighted by Crippen LogP contribution is 2.32. The van der Waals surface area contributed by atoms with Gasteiger partial charge in [0.05, 0.1) is 23.1 Å². The Morgan fingerprint density at radius 2 is 1.92 bits per heavy atom. The van der Waals surface area contributed by atoms with E-state index in [1.54, 1.807) is 0 Å². The largest absolute Gasteiger partial charge is 0.481 e. The molecule has 9 heteroatoms. The molecular weight excluding hydrogens is 341 g/mol. The van der Waals surface area contributed by atoms with Crippen LogP contribution in [-0.2, 0) is 15.8 Å². The molecule has 1 aromatic rings. The fourth-order valence-electron chi connectivity index (χ4n) is 2.64. The zero-order valence-electron chi connectivity index (χ0n) is 13.4. The topological polar surface area (TPSA) is 86.7 Å². The summed E-state index contributed by atoms with van der Waals surface area (Å²) >= 11 is 0. The van der Waals surface area contributed by atoms with Gasteiger partial charge in [0, 0.05) is 13.1 Å². The Hall–Kier alpha value is -2.58. The second kappa shape index (κ2) is 6.73. The summed E-state index contributed by atoms with van der Waals surface area (Å²) < 4.78 is 38.7. The van der Waals surface area contributed by atoms with Gasteiger partial charge in [0.25, 0.3) is 5.91 Å². The Morgan fingerprint density at radius 1 is 1.28 bits per heavy atom. The van der Waals surface area contributed by atoms with Crippen molar-refractivity contribution in [1.82, 2.24) is 10.2 Å². The van der Waals surface area contributed by atoms with Crippen molar-refractivity contribution < 1.29 is 32.7 Å². The molecule has 1 fully saturated rings. The molecule has 1 atom stereocenters. The molecule has 0 bridgehead atoms. The molecule has 1 aliphatic heterocycles. The van der Waals surface area contributed by atoms with E-state index < -0.39 is 47.0 Å². The van der Waals surface area contributed by atoms with E-state index in [1.807, 2.05) is 0 Å². The summed E-state index contributed by atoms with van der Waals surface area (Å²) in [6.07, 6.45) is -4.41. The number of nitrogens with one attached hydrogen (secondary N) is 1. The van der Waals surface area contributed by atoms with Crippen LogP contribution in [0.25, 0.3) is 0 Å². The fraction of sp³-hybridized carbons (Fsp3) is 0.438. The number of amides is 2. The van der Waals surface area contributed by atoms with Crippen LogP contribution >= 0.6 is 0 Å². The van der Waals surface area contributed by atoms with E-state index in [9.17, 15) is 27.6 Å². The zero-order chi connectivity index (χ0) is 18.8. The molecule has 0 aromatic heterocycles. The third-order valence-electron chi connectivity index (χ3n) is 4.22. The first-order valence-corrected chi connectivity index (χ1v) is 7.50. The van der Waals surface area contributed by atoms with Crippen molar-refractivity contribution in [3.63, 3.8) is 0 Å². The van der Waals surface area contributed by atoms with Crippen molar-refractivity contribution in [2.24, 2.45) is 5.41 Å². The quantitative estimate of drug-likeness (QED) is 0.859. The minimum Gasteiger partial charge on any atom is -0.481 e. The predicted molar refractivity (Wildman–Crippen MR) is 80.7 cm³/mol. The second-order valence-corrected chi connectivity index (χ2v) is 6.16. The van der Waals surface area contributed by atoms with Gasteiger partial charge in [-0.25, -0.2) is 0 Å². The van der Waals surface area contributed by atoms with E-state index in [0.717, 1.165) is 12.1 Å². The maximum absolute atomic E-state index is 12.9. The standard InChI is InChI=1S/C16H17F3N2O4/c1-15(14(24)25)6-7-21(9-15)12(22)8-20-13(23)10-4-2-3-5-11(10)16(17,18)19/h2-5H,6-9H2,1H3,(H,20,23)(H,24,25). The first-order valence-electron chi connectivity index (χ1n) is 7.50. The SMILES string of the molecule is CC1(C(=O)O)CCN(C(=O)CNC(=O)c2ccccc2C(F)(F)F)C1. The summed E-state index contributed by atoms with van der Waals surface area (Å²) in [4.78, 5) is 36.5. The van der Waals surface area contributed by atoms with Crippen molar-refractivity contribution in [3.05, 3.63) is 35.4 Å².